The van der Waals surface area contributed by atoms with Crippen LogP contribution < -0.4 is 0 Å². The summed E-state index contributed by atoms with van der Waals surface area (Å²) in [5, 5.41) is 11.9. The second-order valence-corrected chi connectivity index (χ2v) is 5.62. The van der Waals surface area contributed by atoms with Gasteiger partial charge in [0.2, 0.25) is 4.96 Å². The van der Waals surface area contributed by atoms with Crippen LogP contribution in [0.3, 0.4) is 0 Å². The molecule has 0 spiro atoms. The molecule has 0 bridgehead atoms. The molecule has 0 unspecified atom stereocenters. The molecule has 15 heavy (non-hydrogen) atoms. The second kappa shape index (κ2) is 3.02. The van der Waals surface area contributed by atoms with Gasteiger partial charge in [0.1, 0.15) is 0 Å². The second-order valence-electron chi connectivity index (χ2n) is 3.43. The lowest BCUT2D eigenvalue weighted by molar-refractivity contribution is 0.400. The molecule has 0 aromatic carbocycles. The molecule has 1 aliphatic carbocycles. The first-order valence-corrected chi connectivity index (χ1v) is 5.92. The molecule has 0 radical (unpaired) electrons. The lowest BCUT2D eigenvalue weighted by Gasteiger charge is -2.01. The molecule has 2 aromatic rings. The van der Waals surface area contributed by atoms with Crippen LogP contribution in [0, 0.1) is 0 Å². The van der Waals surface area contributed by atoms with Gasteiger partial charge in [0.15, 0.2) is 10.8 Å². The quantitative estimate of drug-likeness (QED) is 0.785. The van der Waals surface area contributed by atoms with Gasteiger partial charge in [-0.1, -0.05) is 34.5 Å². The average molecular weight is 267 g/mol. The molecule has 0 atom stereocenters. The smallest absolute Gasteiger partial charge is 0.200 e. The first-order chi connectivity index (χ1) is 7.05. The molecule has 0 aliphatic heterocycles. The Balaban J connectivity index is 2.14. The standard InChI is InChI=1S/C7H5Cl2FN4S/c8-7(9,10)5-13-14-4(3-1-2-3)11-12-6(14)15-5/h3H,1-2H2. The molecular weight excluding hydrogens is 262 g/mol. The highest BCUT2D eigenvalue weighted by atomic mass is 35.5. The van der Waals surface area contributed by atoms with E-state index in [0.717, 1.165) is 30.0 Å². The Labute approximate surface area is 98.0 Å². The van der Waals surface area contributed by atoms with Gasteiger partial charge in [0.05, 0.1) is 0 Å². The molecule has 4 nitrogen and oxygen atoms in total. The van der Waals surface area contributed by atoms with Crippen molar-refractivity contribution in [1.82, 2.24) is 19.8 Å². The zero-order valence-corrected chi connectivity index (χ0v) is 9.65. The van der Waals surface area contributed by atoms with Crippen LogP contribution in [0.1, 0.15) is 29.6 Å². The molecule has 3 rings (SSSR count). The summed E-state index contributed by atoms with van der Waals surface area (Å²) in [5.74, 6) is 1.17. The Morgan fingerprint density at radius 1 is 1.40 bits per heavy atom. The van der Waals surface area contributed by atoms with Gasteiger partial charge in [0.25, 0.3) is 0 Å². The Morgan fingerprint density at radius 2 is 2.13 bits per heavy atom. The van der Waals surface area contributed by atoms with Crippen molar-refractivity contribution < 1.29 is 4.39 Å². The number of aromatic nitrogens is 4. The number of hydrogen-bond acceptors (Lipinski definition) is 4. The largest absolute Gasteiger partial charge is 0.311 e. The van der Waals surface area contributed by atoms with Crippen molar-refractivity contribution >= 4 is 39.5 Å². The van der Waals surface area contributed by atoms with E-state index in [-0.39, 0.29) is 5.01 Å². The molecule has 0 N–H and O–H groups in total. The Bertz CT molecular complexity index is 513. The number of nitrogens with zero attached hydrogens (tertiary/aromatic N) is 4. The highest BCUT2D eigenvalue weighted by molar-refractivity contribution is 7.17. The zero-order valence-electron chi connectivity index (χ0n) is 7.32. The molecule has 0 amide bonds. The third-order valence-electron chi connectivity index (χ3n) is 2.20. The molecule has 1 saturated carbocycles. The molecular formula is C7H5Cl2FN4S. The number of rotatable bonds is 2. The van der Waals surface area contributed by atoms with E-state index in [1.807, 2.05) is 0 Å². The van der Waals surface area contributed by atoms with Crippen molar-refractivity contribution in [2.24, 2.45) is 0 Å². The fourth-order valence-corrected chi connectivity index (χ4v) is 2.36. The van der Waals surface area contributed by atoms with Gasteiger partial charge in [-0.05, 0) is 12.8 Å². The third-order valence-corrected chi connectivity index (χ3v) is 3.78. The minimum absolute atomic E-state index is 0.00219. The van der Waals surface area contributed by atoms with Crippen molar-refractivity contribution in [2.45, 2.75) is 23.3 Å². The summed E-state index contributed by atoms with van der Waals surface area (Å²) < 4.78 is 12.3. The van der Waals surface area contributed by atoms with Gasteiger partial charge in [-0.25, -0.2) is 0 Å². The summed E-state index contributed by atoms with van der Waals surface area (Å²) in [6.07, 6.45) is 2.16. The topological polar surface area (TPSA) is 43.1 Å². The lowest BCUT2D eigenvalue weighted by Crippen LogP contribution is -2.03. The van der Waals surface area contributed by atoms with Crippen LogP contribution in [0.2, 0.25) is 0 Å². The molecule has 2 aromatic heterocycles. The van der Waals surface area contributed by atoms with E-state index in [9.17, 15) is 4.39 Å². The average Bonchev–Trinajstić information content (AvgIpc) is 2.75. The van der Waals surface area contributed by atoms with Gasteiger partial charge in [0, 0.05) is 5.92 Å². The maximum atomic E-state index is 13.2. The first-order valence-electron chi connectivity index (χ1n) is 4.35. The molecule has 2 heterocycles. The highest BCUT2D eigenvalue weighted by Gasteiger charge is 2.34. The number of hydrogen-bond donors (Lipinski definition) is 0. The Hall–Kier alpha value is -0.460. The maximum absolute atomic E-state index is 13.2. The monoisotopic (exact) mass is 266 g/mol. The third kappa shape index (κ3) is 1.60. The lowest BCUT2D eigenvalue weighted by atomic mass is 10.4. The molecule has 1 aliphatic rings. The Morgan fingerprint density at radius 3 is 2.73 bits per heavy atom. The minimum atomic E-state index is -2.45. The van der Waals surface area contributed by atoms with Crippen LogP contribution in [0.5, 0.6) is 0 Å². The van der Waals surface area contributed by atoms with Gasteiger partial charge in [-0.15, -0.1) is 10.2 Å². The van der Waals surface area contributed by atoms with Gasteiger partial charge in [-0.3, -0.25) is 0 Å². The van der Waals surface area contributed by atoms with Gasteiger partial charge < -0.3 is 0 Å². The van der Waals surface area contributed by atoms with Crippen molar-refractivity contribution in [2.75, 3.05) is 0 Å². The molecule has 8 heteroatoms. The van der Waals surface area contributed by atoms with E-state index < -0.39 is 4.59 Å². The van der Waals surface area contributed by atoms with E-state index in [2.05, 4.69) is 15.3 Å². The van der Waals surface area contributed by atoms with Crippen molar-refractivity contribution in [3.05, 3.63) is 10.8 Å². The summed E-state index contributed by atoms with van der Waals surface area (Å²) in [4.78, 5) is 0.523. The number of halogens is 3. The van der Waals surface area contributed by atoms with Crippen LogP contribution in [0.4, 0.5) is 4.39 Å². The number of alkyl halides is 3. The van der Waals surface area contributed by atoms with E-state index in [4.69, 9.17) is 23.2 Å². The fourth-order valence-electron chi connectivity index (χ4n) is 1.34. The van der Waals surface area contributed by atoms with E-state index in [1.54, 1.807) is 0 Å². The van der Waals surface area contributed by atoms with Crippen LogP contribution in [-0.4, -0.2) is 19.8 Å². The highest BCUT2D eigenvalue weighted by Crippen LogP contribution is 2.41. The van der Waals surface area contributed by atoms with Crippen molar-refractivity contribution in [3.63, 3.8) is 0 Å². The predicted molar refractivity (Wildman–Crippen MR) is 55.1 cm³/mol. The predicted octanol–water partition coefficient (Wildman–Crippen LogP) is 2.62. The molecule has 80 valence electrons. The summed E-state index contributed by atoms with van der Waals surface area (Å²) in [7, 11) is 0. The van der Waals surface area contributed by atoms with E-state index >= 15 is 0 Å². The fraction of sp³-hybridized carbons (Fsp3) is 0.571. The van der Waals surface area contributed by atoms with Gasteiger partial charge >= 0.3 is 4.59 Å². The molecule has 1 fully saturated rings. The summed E-state index contributed by atoms with van der Waals surface area (Å²) in [6.45, 7) is 0. The SMILES string of the molecule is FC(Cl)(Cl)c1nn2c(C3CC3)nnc2s1. The van der Waals surface area contributed by atoms with Crippen molar-refractivity contribution in [3.8, 4) is 0 Å². The normalized spacial score (nSPS) is 17.5. The maximum Gasteiger partial charge on any atom is 0.311 e. The first kappa shape index (κ1) is 9.74. The summed E-state index contributed by atoms with van der Waals surface area (Å²) in [6, 6.07) is 0. The van der Waals surface area contributed by atoms with Crippen LogP contribution in [0.15, 0.2) is 0 Å². The molecule has 0 saturated heterocycles. The Kier molecular flexibility index (Phi) is 1.96. The number of fused-ring (bicyclic) bond motifs is 1. The van der Waals surface area contributed by atoms with Crippen LogP contribution >= 0.6 is 34.5 Å². The minimum Gasteiger partial charge on any atom is -0.200 e. The van der Waals surface area contributed by atoms with E-state index in [0.29, 0.717) is 10.9 Å². The van der Waals surface area contributed by atoms with Crippen LogP contribution in [0.25, 0.3) is 4.96 Å². The zero-order chi connectivity index (χ0) is 10.6. The van der Waals surface area contributed by atoms with Crippen LogP contribution in [-0.2, 0) is 4.59 Å². The summed E-state index contributed by atoms with van der Waals surface area (Å²) >= 11 is 11.6. The van der Waals surface area contributed by atoms with Crippen molar-refractivity contribution in [1.29, 1.82) is 0 Å². The van der Waals surface area contributed by atoms with E-state index in [1.165, 1.54) is 4.52 Å². The van der Waals surface area contributed by atoms with Gasteiger partial charge in [-0.2, -0.15) is 14.0 Å². The summed E-state index contributed by atoms with van der Waals surface area (Å²) in [5.41, 5.74) is 0.